The van der Waals surface area contributed by atoms with E-state index < -0.39 is 7.60 Å². The van der Waals surface area contributed by atoms with Gasteiger partial charge in [0.25, 0.3) is 0 Å². The minimum atomic E-state index is -4.22. The Hall–Kier alpha value is 1.15. The Morgan fingerprint density at radius 1 is 1.00 bits per heavy atom. The Bertz CT molecular complexity index is 146. The zero-order valence-corrected chi connectivity index (χ0v) is 11.5. The van der Waals surface area contributed by atoms with Crippen LogP contribution in [0.5, 0.6) is 0 Å². The van der Waals surface area contributed by atoms with Crippen molar-refractivity contribution in [3.8, 4) is 0 Å². The third-order valence-corrected chi connectivity index (χ3v) is 2.65. The molecule has 3 nitrogen and oxygen atoms in total. The zero-order chi connectivity index (χ0) is 9.45. The van der Waals surface area contributed by atoms with E-state index in [4.69, 9.17) is 0 Å². The van der Waals surface area contributed by atoms with Crippen LogP contribution < -0.4 is 39.3 Å². The number of unbranched alkanes of at least 4 members (excludes halogenated alkanes) is 5. The molecule has 74 valence electrons. The molecule has 5 heteroatoms. The van der Waals surface area contributed by atoms with Crippen molar-refractivity contribution in [1.82, 2.24) is 0 Å². The minimum absolute atomic E-state index is 0. The second kappa shape index (κ2) is 9.70. The first-order valence-corrected chi connectivity index (χ1v) is 6.30. The summed E-state index contributed by atoms with van der Waals surface area (Å²) in [6, 6.07) is 0. The van der Waals surface area contributed by atoms with Gasteiger partial charge in [-0.2, -0.15) is 0 Å². The molecule has 0 bridgehead atoms. The monoisotopic (exact) mass is 215 g/mol. The summed E-state index contributed by atoms with van der Waals surface area (Å²) in [6.45, 7) is 2.13. The average molecular weight is 215 g/mol. The van der Waals surface area contributed by atoms with Crippen LogP contribution in [0.3, 0.4) is 0 Å². The van der Waals surface area contributed by atoms with Gasteiger partial charge in [0.05, 0.1) is 0 Å². The van der Waals surface area contributed by atoms with E-state index >= 15 is 0 Å². The Labute approximate surface area is 103 Å². The van der Waals surface area contributed by atoms with E-state index in [0.29, 0.717) is 6.42 Å². The molecule has 0 spiro atoms. The van der Waals surface area contributed by atoms with Crippen molar-refractivity contribution in [1.29, 1.82) is 0 Å². The van der Waals surface area contributed by atoms with Gasteiger partial charge in [-0.3, -0.25) is 0 Å². The van der Waals surface area contributed by atoms with Gasteiger partial charge in [-0.05, 0) is 12.6 Å². The molecule has 0 aromatic carbocycles. The van der Waals surface area contributed by atoms with E-state index in [0.717, 1.165) is 19.3 Å². The topological polar surface area (TPSA) is 63.2 Å². The van der Waals surface area contributed by atoms with Crippen LogP contribution in [0.15, 0.2) is 0 Å². The van der Waals surface area contributed by atoms with E-state index in [2.05, 4.69) is 6.92 Å². The molecule has 0 radical (unpaired) electrons. The summed E-state index contributed by atoms with van der Waals surface area (Å²) in [5.41, 5.74) is 0. The van der Waals surface area contributed by atoms with E-state index in [-0.39, 0.29) is 35.7 Å². The molecule has 0 saturated carbocycles. The van der Waals surface area contributed by atoms with Gasteiger partial charge >= 0.3 is 29.6 Å². The van der Waals surface area contributed by atoms with Crippen LogP contribution >= 0.6 is 7.60 Å². The van der Waals surface area contributed by atoms with Crippen molar-refractivity contribution in [2.24, 2.45) is 0 Å². The molecule has 0 aliphatic carbocycles. The third kappa shape index (κ3) is 15.9. The first kappa shape index (κ1) is 16.6. The fourth-order valence-electron chi connectivity index (χ4n) is 1.09. The average Bonchev–Trinajstić information content (AvgIpc) is 1.94. The predicted octanol–water partition coefficient (Wildman–Crippen LogP) is -1.74. The van der Waals surface area contributed by atoms with Crippen LogP contribution in [0.25, 0.3) is 0 Å². The van der Waals surface area contributed by atoms with E-state index in [1.165, 1.54) is 12.8 Å². The largest absolute Gasteiger partial charge is 1.00 e. The van der Waals surface area contributed by atoms with E-state index in [9.17, 15) is 14.4 Å². The van der Waals surface area contributed by atoms with Crippen molar-refractivity contribution in [3.05, 3.63) is 0 Å². The molecule has 0 heterocycles. The molecule has 0 fully saturated rings. The van der Waals surface area contributed by atoms with Crippen LogP contribution in [0, 0.1) is 0 Å². The summed E-state index contributed by atoms with van der Waals surface area (Å²) in [5.74, 6) is 0. The van der Waals surface area contributed by atoms with Gasteiger partial charge < -0.3 is 14.4 Å². The van der Waals surface area contributed by atoms with Gasteiger partial charge in [0.1, 0.15) is 0 Å². The Balaban J connectivity index is 0. The van der Waals surface area contributed by atoms with E-state index in [1.807, 2.05) is 0 Å². The molecule has 0 rings (SSSR count). The molecule has 0 atom stereocenters. The summed E-state index contributed by atoms with van der Waals surface area (Å²) < 4.78 is 10.2. The van der Waals surface area contributed by atoms with Gasteiger partial charge in [0, 0.05) is 0 Å². The van der Waals surface area contributed by atoms with Crippen LogP contribution in [-0.4, -0.2) is 6.16 Å². The molecular weight excluding hydrogens is 198 g/mol. The fraction of sp³-hybridized carbons (Fsp3) is 1.00. The van der Waals surface area contributed by atoms with Gasteiger partial charge in [0.15, 0.2) is 0 Å². The molecule has 0 aliphatic rings. The molecule has 13 heavy (non-hydrogen) atoms. The van der Waals surface area contributed by atoms with Crippen LogP contribution in [-0.2, 0) is 4.57 Å². The van der Waals surface area contributed by atoms with Crippen molar-refractivity contribution < 1.29 is 43.9 Å². The standard InChI is InChI=1S/C8H19O3P.Na/c1-2-3-4-5-6-7-8-12(9,10)11;/h2-8H2,1H3,(H2,9,10,11);/q;+1/p-2. The van der Waals surface area contributed by atoms with Crippen molar-refractivity contribution >= 4 is 7.60 Å². The van der Waals surface area contributed by atoms with Gasteiger partial charge in [0.2, 0.25) is 0 Å². The molecule has 0 aromatic rings. The maximum atomic E-state index is 10.2. The summed E-state index contributed by atoms with van der Waals surface area (Å²) in [6.07, 6.45) is 5.82. The van der Waals surface area contributed by atoms with Gasteiger partial charge in [-0.15, -0.1) is 0 Å². The van der Waals surface area contributed by atoms with Gasteiger partial charge in [-0.1, -0.05) is 46.6 Å². The molecule has 0 N–H and O–H groups in total. The summed E-state index contributed by atoms with van der Waals surface area (Å²) in [4.78, 5) is 20.4. The van der Waals surface area contributed by atoms with E-state index in [1.54, 1.807) is 0 Å². The predicted molar refractivity (Wildman–Crippen MR) is 45.8 cm³/mol. The number of hydrogen-bond donors (Lipinski definition) is 0. The SMILES string of the molecule is CCCCCCCCP(=O)([O-])[O-].[Na+]. The van der Waals surface area contributed by atoms with Crippen LogP contribution in [0.4, 0.5) is 0 Å². The Morgan fingerprint density at radius 2 is 1.46 bits per heavy atom. The molecular formula is C8H17NaO3P-. The van der Waals surface area contributed by atoms with Crippen molar-refractivity contribution in [2.45, 2.75) is 45.4 Å². The Morgan fingerprint density at radius 3 is 1.92 bits per heavy atom. The first-order chi connectivity index (χ1) is 5.56. The third-order valence-electron chi connectivity index (χ3n) is 1.79. The van der Waals surface area contributed by atoms with Crippen LogP contribution in [0.2, 0.25) is 0 Å². The quantitative estimate of drug-likeness (QED) is 0.288. The number of rotatable bonds is 7. The zero-order valence-electron chi connectivity index (χ0n) is 8.62. The second-order valence-electron chi connectivity index (χ2n) is 3.10. The Kier molecular flexibility index (Phi) is 12.4. The molecule has 0 aliphatic heterocycles. The first-order valence-electron chi connectivity index (χ1n) is 4.57. The maximum Gasteiger partial charge on any atom is 1.00 e. The van der Waals surface area contributed by atoms with Crippen molar-refractivity contribution in [2.75, 3.05) is 6.16 Å². The van der Waals surface area contributed by atoms with Crippen LogP contribution in [0.1, 0.15) is 45.4 Å². The molecule has 0 saturated heterocycles. The summed E-state index contributed by atoms with van der Waals surface area (Å²) >= 11 is 0. The molecule has 0 aromatic heterocycles. The minimum Gasteiger partial charge on any atom is -0.811 e. The van der Waals surface area contributed by atoms with Crippen molar-refractivity contribution in [3.63, 3.8) is 0 Å². The molecule has 0 amide bonds. The van der Waals surface area contributed by atoms with Gasteiger partial charge in [-0.25, -0.2) is 0 Å². The number of hydrogen-bond acceptors (Lipinski definition) is 3. The smallest absolute Gasteiger partial charge is 0.811 e. The second-order valence-corrected chi connectivity index (χ2v) is 4.77. The summed E-state index contributed by atoms with van der Waals surface area (Å²) in [5, 5.41) is 0. The molecule has 0 unspecified atom stereocenters. The fourth-order valence-corrected chi connectivity index (χ4v) is 1.70. The maximum absolute atomic E-state index is 10.2. The normalized spacial score (nSPS) is 11.0. The summed E-state index contributed by atoms with van der Waals surface area (Å²) in [7, 11) is -4.22.